The first-order valence-electron chi connectivity index (χ1n) is 4.87. The second-order valence-electron chi connectivity index (χ2n) is 3.68. The maximum Gasteiger partial charge on any atom is 0.334 e. The predicted octanol–water partition coefficient (Wildman–Crippen LogP) is 1.50. The van der Waals surface area contributed by atoms with Gasteiger partial charge in [0.2, 0.25) is 5.82 Å². The van der Waals surface area contributed by atoms with Crippen LogP contribution in [0.15, 0.2) is 0 Å². The lowest BCUT2D eigenvalue weighted by molar-refractivity contribution is -0.384. The molecule has 0 aliphatic carbocycles. The molecule has 86 valence electrons. The van der Waals surface area contributed by atoms with Crippen molar-refractivity contribution in [3.63, 3.8) is 0 Å². The normalized spacial score (nSPS) is 10.2. The SMILES string of the molecule is C#CCNc1c([N+](=O)[O-])c(C(C)C)nn1C. The molecular formula is C10H14N4O2. The van der Waals surface area contributed by atoms with E-state index in [1.165, 1.54) is 4.68 Å². The summed E-state index contributed by atoms with van der Waals surface area (Å²) in [6.07, 6.45) is 5.11. The first-order chi connectivity index (χ1) is 7.49. The molecule has 0 aliphatic rings. The Morgan fingerprint density at radius 2 is 2.31 bits per heavy atom. The van der Waals surface area contributed by atoms with Crippen LogP contribution in [0.2, 0.25) is 0 Å². The Morgan fingerprint density at radius 3 is 2.75 bits per heavy atom. The first kappa shape index (κ1) is 12.0. The average Bonchev–Trinajstić information content (AvgIpc) is 2.52. The Labute approximate surface area is 93.8 Å². The zero-order chi connectivity index (χ0) is 12.3. The summed E-state index contributed by atoms with van der Waals surface area (Å²) in [4.78, 5) is 10.6. The van der Waals surface area contributed by atoms with E-state index in [9.17, 15) is 10.1 Å². The highest BCUT2D eigenvalue weighted by Crippen LogP contribution is 2.32. The van der Waals surface area contributed by atoms with E-state index >= 15 is 0 Å². The summed E-state index contributed by atoms with van der Waals surface area (Å²) < 4.78 is 1.45. The molecule has 1 N–H and O–H groups in total. The fraction of sp³-hybridized carbons (Fsp3) is 0.500. The van der Waals surface area contributed by atoms with Gasteiger partial charge < -0.3 is 5.32 Å². The number of hydrogen-bond donors (Lipinski definition) is 1. The fourth-order valence-electron chi connectivity index (χ4n) is 1.44. The van der Waals surface area contributed by atoms with E-state index in [2.05, 4.69) is 16.3 Å². The zero-order valence-electron chi connectivity index (χ0n) is 9.52. The van der Waals surface area contributed by atoms with E-state index in [0.29, 0.717) is 11.5 Å². The van der Waals surface area contributed by atoms with Crippen molar-refractivity contribution in [1.82, 2.24) is 9.78 Å². The third kappa shape index (κ3) is 2.14. The lowest BCUT2D eigenvalue weighted by Crippen LogP contribution is -2.06. The van der Waals surface area contributed by atoms with Crippen LogP contribution in [0.4, 0.5) is 11.5 Å². The lowest BCUT2D eigenvalue weighted by atomic mass is 10.1. The van der Waals surface area contributed by atoms with Crippen molar-refractivity contribution in [3.05, 3.63) is 15.8 Å². The molecule has 0 amide bonds. The van der Waals surface area contributed by atoms with Gasteiger partial charge in [-0.25, -0.2) is 4.68 Å². The molecule has 0 fully saturated rings. The van der Waals surface area contributed by atoms with Gasteiger partial charge in [-0.05, 0) is 0 Å². The average molecular weight is 222 g/mol. The van der Waals surface area contributed by atoms with Crippen LogP contribution in [0.3, 0.4) is 0 Å². The van der Waals surface area contributed by atoms with Crippen molar-refractivity contribution in [2.45, 2.75) is 19.8 Å². The number of hydrogen-bond acceptors (Lipinski definition) is 4. The monoisotopic (exact) mass is 222 g/mol. The van der Waals surface area contributed by atoms with Crippen molar-refractivity contribution >= 4 is 11.5 Å². The number of nitrogens with zero attached hydrogens (tertiary/aromatic N) is 3. The molecule has 0 aliphatic heterocycles. The van der Waals surface area contributed by atoms with Gasteiger partial charge in [0.15, 0.2) is 0 Å². The van der Waals surface area contributed by atoms with E-state index in [1.807, 2.05) is 13.8 Å². The van der Waals surface area contributed by atoms with E-state index in [0.717, 1.165) is 0 Å². The topological polar surface area (TPSA) is 73.0 Å². The smallest absolute Gasteiger partial charge is 0.334 e. The number of anilines is 1. The number of aryl methyl sites for hydroxylation is 1. The second-order valence-corrected chi connectivity index (χ2v) is 3.68. The molecule has 0 radical (unpaired) electrons. The van der Waals surface area contributed by atoms with Gasteiger partial charge in [-0.2, -0.15) is 5.10 Å². The van der Waals surface area contributed by atoms with Crippen LogP contribution < -0.4 is 5.32 Å². The highest BCUT2D eigenvalue weighted by atomic mass is 16.6. The highest BCUT2D eigenvalue weighted by Gasteiger charge is 2.27. The summed E-state index contributed by atoms with van der Waals surface area (Å²) >= 11 is 0. The van der Waals surface area contributed by atoms with Gasteiger partial charge in [0.05, 0.1) is 11.5 Å². The molecule has 6 nitrogen and oxygen atoms in total. The summed E-state index contributed by atoms with van der Waals surface area (Å²) in [5.74, 6) is 2.72. The van der Waals surface area contributed by atoms with Gasteiger partial charge in [-0.1, -0.05) is 19.8 Å². The van der Waals surface area contributed by atoms with Crippen molar-refractivity contribution < 1.29 is 4.92 Å². The van der Waals surface area contributed by atoms with Crippen LogP contribution in [0.25, 0.3) is 0 Å². The summed E-state index contributed by atoms with van der Waals surface area (Å²) in [5.41, 5.74) is 0.472. The standard InChI is InChI=1S/C10H14N4O2/c1-5-6-11-10-9(14(15)16)8(7(2)3)12-13(10)4/h1,7,11H,6H2,2-4H3. The van der Waals surface area contributed by atoms with Crippen molar-refractivity contribution in [2.24, 2.45) is 7.05 Å². The molecular weight excluding hydrogens is 208 g/mol. The van der Waals surface area contributed by atoms with Crippen LogP contribution in [0.5, 0.6) is 0 Å². The number of rotatable bonds is 4. The molecule has 0 atom stereocenters. The predicted molar refractivity (Wildman–Crippen MR) is 61.3 cm³/mol. The highest BCUT2D eigenvalue weighted by molar-refractivity contribution is 5.60. The molecule has 0 unspecified atom stereocenters. The van der Waals surface area contributed by atoms with Crippen LogP contribution in [-0.2, 0) is 7.05 Å². The number of terminal acetylenes is 1. The molecule has 16 heavy (non-hydrogen) atoms. The molecule has 1 heterocycles. The number of nitrogens with one attached hydrogen (secondary N) is 1. The quantitative estimate of drug-likeness (QED) is 0.476. The van der Waals surface area contributed by atoms with Crippen LogP contribution in [0.1, 0.15) is 25.5 Å². The van der Waals surface area contributed by atoms with Crippen molar-refractivity contribution in [3.8, 4) is 12.3 Å². The minimum Gasteiger partial charge on any atom is -0.354 e. The van der Waals surface area contributed by atoms with E-state index in [1.54, 1.807) is 7.05 Å². The Balaban J connectivity index is 3.25. The van der Waals surface area contributed by atoms with Gasteiger partial charge in [0.25, 0.3) is 0 Å². The number of aromatic nitrogens is 2. The third-order valence-corrected chi connectivity index (χ3v) is 2.14. The minimum atomic E-state index is -0.429. The van der Waals surface area contributed by atoms with Gasteiger partial charge in [-0.15, -0.1) is 6.42 Å². The van der Waals surface area contributed by atoms with Crippen molar-refractivity contribution in [1.29, 1.82) is 0 Å². The van der Waals surface area contributed by atoms with Crippen LogP contribution >= 0.6 is 0 Å². The first-order valence-corrected chi connectivity index (χ1v) is 4.87. The molecule has 6 heteroatoms. The fourth-order valence-corrected chi connectivity index (χ4v) is 1.44. The Bertz CT molecular complexity index is 442. The third-order valence-electron chi connectivity index (χ3n) is 2.14. The molecule has 1 aromatic heterocycles. The van der Waals surface area contributed by atoms with Gasteiger partial charge in [-0.3, -0.25) is 10.1 Å². The van der Waals surface area contributed by atoms with Gasteiger partial charge in [0.1, 0.15) is 5.69 Å². The second kappa shape index (κ2) is 4.66. The summed E-state index contributed by atoms with van der Waals surface area (Å²) in [6, 6.07) is 0. The van der Waals surface area contributed by atoms with E-state index < -0.39 is 4.92 Å². The minimum absolute atomic E-state index is 0.00649. The molecule has 0 aromatic carbocycles. The largest absolute Gasteiger partial charge is 0.354 e. The van der Waals surface area contributed by atoms with Gasteiger partial charge in [0, 0.05) is 13.0 Å². The van der Waals surface area contributed by atoms with Gasteiger partial charge >= 0.3 is 5.69 Å². The summed E-state index contributed by atoms with van der Waals surface area (Å²) in [7, 11) is 1.65. The van der Waals surface area contributed by atoms with Crippen molar-refractivity contribution in [2.75, 3.05) is 11.9 Å². The number of nitro groups is 1. The van der Waals surface area contributed by atoms with E-state index in [-0.39, 0.29) is 18.2 Å². The zero-order valence-corrected chi connectivity index (χ0v) is 9.52. The van der Waals surface area contributed by atoms with Crippen LogP contribution in [-0.4, -0.2) is 21.2 Å². The molecule has 1 aromatic rings. The van der Waals surface area contributed by atoms with Crippen LogP contribution in [0, 0.1) is 22.5 Å². The molecule has 0 saturated carbocycles. The Morgan fingerprint density at radius 1 is 1.69 bits per heavy atom. The molecule has 0 bridgehead atoms. The Hall–Kier alpha value is -2.03. The lowest BCUT2D eigenvalue weighted by Gasteiger charge is -2.01. The Kier molecular flexibility index (Phi) is 3.51. The molecule has 0 saturated heterocycles. The summed E-state index contributed by atoms with van der Waals surface area (Å²) in [5, 5.41) is 17.9. The molecule has 0 spiro atoms. The molecule has 1 rings (SSSR count). The maximum atomic E-state index is 11.0. The maximum absolute atomic E-state index is 11.0. The van der Waals surface area contributed by atoms with E-state index in [4.69, 9.17) is 6.42 Å². The summed E-state index contributed by atoms with van der Waals surface area (Å²) in [6.45, 7) is 3.96.